The van der Waals surface area contributed by atoms with E-state index < -0.39 is 0 Å². The predicted octanol–water partition coefficient (Wildman–Crippen LogP) is 4.07. The summed E-state index contributed by atoms with van der Waals surface area (Å²) in [5, 5.41) is 2.97. The van der Waals surface area contributed by atoms with Gasteiger partial charge in [0.1, 0.15) is 10.8 Å². The van der Waals surface area contributed by atoms with E-state index in [0.717, 1.165) is 23.5 Å². The first-order valence-electron chi connectivity index (χ1n) is 7.23. The third-order valence-corrected chi connectivity index (χ3v) is 4.95. The van der Waals surface area contributed by atoms with Crippen molar-refractivity contribution in [1.29, 1.82) is 0 Å². The van der Waals surface area contributed by atoms with Crippen LogP contribution in [0.5, 0.6) is 0 Å². The first-order valence-corrected chi connectivity index (χ1v) is 8.11. The van der Waals surface area contributed by atoms with Gasteiger partial charge in [0.25, 0.3) is 0 Å². The lowest BCUT2D eigenvalue weighted by Gasteiger charge is -2.24. The number of thiazole rings is 1. The molecule has 0 saturated heterocycles. The van der Waals surface area contributed by atoms with Gasteiger partial charge in [-0.25, -0.2) is 4.98 Å². The largest absolute Gasteiger partial charge is 0.299 e. The summed E-state index contributed by atoms with van der Waals surface area (Å²) in [6.07, 6.45) is 4.66. The van der Waals surface area contributed by atoms with Gasteiger partial charge in [0.15, 0.2) is 0 Å². The van der Waals surface area contributed by atoms with Crippen molar-refractivity contribution in [2.75, 3.05) is 0 Å². The summed E-state index contributed by atoms with van der Waals surface area (Å²) in [5.74, 6) is 0.731. The maximum Gasteiger partial charge on any atom is 0.140 e. The fraction of sp³-hybridized carbons (Fsp3) is 0.412. The van der Waals surface area contributed by atoms with Gasteiger partial charge in [0.2, 0.25) is 0 Å². The standard InChI is InChI=1S/C17H19NOS/c1-12-11-20-17(18-12)10-15(19)9-14-7-4-6-13-5-2-3-8-16(13)14/h2-3,5,8,11,14H,4,6-7,9-10H2,1H3. The van der Waals surface area contributed by atoms with E-state index in [4.69, 9.17) is 0 Å². The summed E-state index contributed by atoms with van der Waals surface area (Å²) in [4.78, 5) is 16.7. The molecular weight excluding hydrogens is 266 g/mol. The zero-order chi connectivity index (χ0) is 13.9. The number of nitrogens with zero attached hydrogens (tertiary/aromatic N) is 1. The Bertz CT molecular complexity index is 617. The molecule has 2 aromatic rings. The van der Waals surface area contributed by atoms with Gasteiger partial charge >= 0.3 is 0 Å². The zero-order valence-electron chi connectivity index (χ0n) is 11.8. The smallest absolute Gasteiger partial charge is 0.140 e. The number of aromatic nitrogens is 1. The molecule has 0 saturated carbocycles. The average molecular weight is 285 g/mol. The highest BCUT2D eigenvalue weighted by Gasteiger charge is 2.22. The first kappa shape index (κ1) is 13.5. The third-order valence-electron chi connectivity index (χ3n) is 3.98. The van der Waals surface area contributed by atoms with Crippen LogP contribution in [0.4, 0.5) is 0 Å². The molecule has 1 aliphatic carbocycles. The van der Waals surface area contributed by atoms with Crippen molar-refractivity contribution in [1.82, 2.24) is 4.98 Å². The zero-order valence-corrected chi connectivity index (χ0v) is 12.6. The maximum absolute atomic E-state index is 12.3. The highest BCUT2D eigenvalue weighted by atomic mass is 32.1. The minimum absolute atomic E-state index is 0.320. The van der Waals surface area contributed by atoms with Crippen LogP contribution in [0.15, 0.2) is 29.6 Å². The van der Waals surface area contributed by atoms with Gasteiger partial charge in [-0.3, -0.25) is 4.79 Å². The van der Waals surface area contributed by atoms with E-state index in [-0.39, 0.29) is 0 Å². The molecule has 1 atom stereocenters. The summed E-state index contributed by atoms with van der Waals surface area (Å²) in [5.41, 5.74) is 3.84. The van der Waals surface area contributed by atoms with Crippen molar-refractivity contribution in [3.63, 3.8) is 0 Å². The van der Waals surface area contributed by atoms with E-state index in [1.807, 2.05) is 12.3 Å². The SMILES string of the molecule is Cc1csc(CC(=O)CC2CCCc3ccccc32)n1. The Morgan fingerprint density at radius 3 is 3.05 bits per heavy atom. The highest BCUT2D eigenvalue weighted by molar-refractivity contribution is 7.09. The van der Waals surface area contributed by atoms with Gasteiger partial charge in [0.05, 0.1) is 6.42 Å². The van der Waals surface area contributed by atoms with Crippen LogP contribution < -0.4 is 0 Å². The van der Waals surface area contributed by atoms with Crippen molar-refractivity contribution in [3.05, 3.63) is 51.5 Å². The highest BCUT2D eigenvalue weighted by Crippen LogP contribution is 2.34. The lowest BCUT2D eigenvalue weighted by molar-refractivity contribution is -0.118. The van der Waals surface area contributed by atoms with E-state index in [2.05, 4.69) is 29.2 Å². The molecule has 0 radical (unpaired) electrons. The number of aryl methyl sites for hydroxylation is 2. The fourth-order valence-corrected chi connectivity index (χ4v) is 3.87. The minimum atomic E-state index is 0.320. The number of Topliss-reactive ketones (excluding diaryl/α,β-unsaturated/α-hetero) is 1. The van der Waals surface area contributed by atoms with Crippen LogP contribution in [-0.4, -0.2) is 10.8 Å². The molecule has 1 heterocycles. The summed E-state index contributed by atoms with van der Waals surface area (Å²) in [7, 11) is 0. The second-order valence-electron chi connectivity index (χ2n) is 5.59. The topological polar surface area (TPSA) is 30.0 Å². The Balaban J connectivity index is 1.68. The number of fused-ring (bicyclic) bond motifs is 1. The van der Waals surface area contributed by atoms with Gasteiger partial charge < -0.3 is 0 Å². The number of carbonyl (C=O) groups is 1. The van der Waals surface area contributed by atoms with Gasteiger partial charge in [0, 0.05) is 17.5 Å². The molecule has 0 fully saturated rings. The van der Waals surface area contributed by atoms with Crippen molar-refractivity contribution in [3.8, 4) is 0 Å². The summed E-state index contributed by atoms with van der Waals surface area (Å²) >= 11 is 1.59. The molecule has 1 unspecified atom stereocenters. The van der Waals surface area contributed by atoms with Crippen LogP contribution in [0, 0.1) is 6.92 Å². The molecule has 0 N–H and O–H groups in total. The summed E-state index contributed by atoms with van der Waals surface area (Å²) < 4.78 is 0. The third kappa shape index (κ3) is 2.98. The minimum Gasteiger partial charge on any atom is -0.299 e. The summed E-state index contributed by atoms with van der Waals surface area (Å²) in [6.45, 7) is 1.97. The molecule has 20 heavy (non-hydrogen) atoms. The second kappa shape index (κ2) is 5.88. The maximum atomic E-state index is 12.3. The molecular formula is C17H19NOS. The molecule has 0 spiro atoms. The number of ketones is 1. The van der Waals surface area contributed by atoms with Gasteiger partial charge in [-0.1, -0.05) is 24.3 Å². The Morgan fingerprint density at radius 2 is 2.25 bits per heavy atom. The van der Waals surface area contributed by atoms with Gasteiger partial charge in [-0.15, -0.1) is 11.3 Å². The Hall–Kier alpha value is -1.48. The van der Waals surface area contributed by atoms with Crippen LogP contribution in [0.1, 0.15) is 47.0 Å². The predicted molar refractivity (Wildman–Crippen MR) is 82.3 cm³/mol. The van der Waals surface area contributed by atoms with Crippen molar-refractivity contribution in [2.45, 2.75) is 44.9 Å². The summed E-state index contributed by atoms with van der Waals surface area (Å²) in [6, 6.07) is 8.59. The van der Waals surface area contributed by atoms with Crippen LogP contribution in [0.2, 0.25) is 0 Å². The molecule has 0 aliphatic heterocycles. The molecule has 0 amide bonds. The van der Waals surface area contributed by atoms with Crippen LogP contribution in [0.3, 0.4) is 0 Å². The molecule has 1 aromatic carbocycles. The second-order valence-corrected chi connectivity index (χ2v) is 6.53. The number of carbonyl (C=O) groups excluding carboxylic acids is 1. The van der Waals surface area contributed by atoms with E-state index in [9.17, 15) is 4.79 Å². The molecule has 104 valence electrons. The quantitative estimate of drug-likeness (QED) is 0.847. The van der Waals surface area contributed by atoms with E-state index in [1.165, 1.54) is 17.5 Å². The Kier molecular flexibility index (Phi) is 3.97. The number of hydrogen-bond donors (Lipinski definition) is 0. The van der Waals surface area contributed by atoms with Gasteiger partial charge in [-0.2, -0.15) is 0 Å². The van der Waals surface area contributed by atoms with Crippen LogP contribution in [-0.2, 0) is 17.6 Å². The van der Waals surface area contributed by atoms with Gasteiger partial charge in [-0.05, 0) is 43.2 Å². The monoisotopic (exact) mass is 285 g/mol. The normalized spacial score (nSPS) is 17.8. The average Bonchev–Trinajstić information content (AvgIpc) is 2.84. The molecule has 3 rings (SSSR count). The molecule has 1 aliphatic rings. The fourth-order valence-electron chi connectivity index (χ4n) is 3.07. The molecule has 0 bridgehead atoms. The lowest BCUT2D eigenvalue weighted by Crippen LogP contribution is -2.15. The Labute approximate surface area is 123 Å². The van der Waals surface area contributed by atoms with Crippen LogP contribution >= 0.6 is 11.3 Å². The van der Waals surface area contributed by atoms with Crippen molar-refractivity contribution in [2.24, 2.45) is 0 Å². The molecule has 2 nitrogen and oxygen atoms in total. The number of hydrogen-bond acceptors (Lipinski definition) is 3. The lowest BCUT2D eigenvalue weighted by atomic mass is 9.80. The van der Waals surface area contributed by atoms with Crippen molar-refractivity contribution >= 4 is 17.1 Å². The number of rotatable bonds is 4. The van der Waals surface area contributed by atoms with Crippen LogP contribution in [0.25, 0.3) is 0 Å². The number of benzene rings is 1. The molecule has 3 heteroatoms. The van der Waals surface area contributed by atoms with Crippen molar-refractivity contribution < 1.29 is 4.79 Å². The first-order chi connectivity index (χ1) is 9.72. The van der Waals surface area contributed by atoms with E-state index >= 15 is 0 Å². The molecule has 1 aromatic heterocycles. The van der Waals surface area contributed by atoms with E-state index in [0.29, 0.717) is 24.5 Å². The van der Waals surface area contributed by atoms with E-state index in [1.54, 1.807) is 11.3 Å². The Morgan fingerprint density at radius 1 is 1.40 bits per heavy atom.